The minimum Gasteiger partial charge on any atom is -0.490 e. The summed E-state index contributed by atoms with van der Waals surface area (Å²) >= 11 is 3.46. The Morgan fingerprint density at radius 1 is 1.64 bits per heavy atom. The molecule has 1 aromatic rings. The molecule has 1 aliphatic rings. The molecule has 2 rings (SSSR count). The fraction of sp³-hybridized carbons (Fsp3) is 0.467. The van der Waals surface area contributed by atoms with Crippen LogP contribution in [0.15, 0.2) is 27.7 Å². The van der Waals surface area contributed by atoms with Gasteiger partial charge in [0.25, 0.3) is 0 Å². The first-order chi connectivity index (χ1) is 10.5. The third kappa shape index (κ3) is 3.98. The zero-order chi connectivity index (χ0) is 16.1. The van der Waals surface area contributed by atoms with Crippen molar-refractivity contribution in [3.63, 3.8) is 0 Å². The molecule has 120 valence electrons. The maximum Gasteiger partial charge on any atom is 0.216 e. The van der Waals surface area contributed by atoms with Crippen molar-refractivity contribution in [2.24, 2.45) is 10.7 Å². The van der Waals surface area contributed by atoms with Crippen LogP contribution in [-0.2, 0) is 9.53 Å². The molecule has 0 aromatic heterocycles. The van der Waals surface area contributed by atoms with Crippen molar-refractivity contribution in [2.45, 2.75) is 25.0 Å². The molecule has 2 N–H and O–H groups in total. The summed E-state index contributed by atoms with van der Waals surface area (Å²) in [6, 6.07) is 5.68. The molecule has 1 heterocycles. The van der Waals surface area contributed by atoms with Gasteiger partial charge < -0.3 is 15.2 Å². The number of carbonyl (C=O) groups is 1. The molecule has 2 unspecified atom stereocenters. The molecule has 7 heteroatoms. The first kappa shape index (κ1) is 16.8. The van der Waals surface area contributed by atoms with Crippen LogP contribution >= 0.6 is 15.9 Å². The third-order valence-corrected chi connectivity index (χ3v) is 4.06. The highest BCUT2D eigenvalue weighted by atomic mass is 79.9. The second kappa shape index (κ2) is 7.60. The molecule has 1 aromatic carbocycles. The minimum atomic E-state index is -0.148. The van der Waals surface area contributed by atoms with E-state index >= 15 is 0 Å². The molecule has 0 radical (unpaired) electrons. The predicted molar refractivity (Wildman–Crippen MR) is 87.9 cm³/mol. The van der Waals surface area contributed by atoms with E-state index < -0.39 is 0 Å². The van der Waals surface area contributed by atoms with Crippen molar-refractivity contribution in [3.05, 3.63) is 28.2 Å². The maximum absolute atomic E-state index is 10.8. The van der Waals surface area contributed by atoms with E-state index in [0.717, 1.165) is 22.2 Å². The summed E-state index contributed by atoms with van der Waals surface area (Å²) in [5.74, 6) is 0.990. The third-order valence-electron chi connectivity index (χ3n) is 3.56. The molecule has 0 saturated heterocycles. The van der Waals surface area contributed by atoms with Gasteiger partial charge in [-0.1, -0.05) is 15.9 Å². The number of aliphatic imine (C=N–C) groups is 1. The number of methoxy groups -OCH3 is 1. The Kier molecular flexibility index (Phi) is 5.79. The Hall–Kier alpha value is -1.60. The number of ether oxygens (including phenoxy) is 2. The Balaban J connectivity index is 2.30. The van der Waals surface area contributed by atoms with Crippen LogP contribution in [0.3, 0.4) is 0 Å². The van der Waals surface area contributed by atoms with Crippen molar-refractivity contribution >= 4 is 28.3 Å². The van der Waals surface area contributed by atoms with Crippen LogP contribution in [0.4, 0.5) is 0 Å². The first-order valence-corrected chi connectivity index (χ1v) is 7.81. The number of hydrogen-bond acceptors (Lipinski definition) is 4. The topological polar surface area (TPSA) is 77.2 Å². The van der Waals surface area contributed by atoms with Crippen molar-refractivity contribution in [1.29, 1.82) is 0 Å². The lowest BCUT2D eigenvalue weighted by Gasteiger charge is -2.31. The number of carbonyl (C=O) groups excluding carboxylic acids is 1. The molecule has 0 aliphatic carbocycles. The summed E-state index contributed by atoms with van der Waals surface area (Å²) in [5, 5.41) is 0. The molecule has 2 atom stereocenters. The Labute approximate surface area is 138 Å². The Morgan fingerprint density at radius 2 is 2.41 bits per heavy atom. The van der Waals surface area contributed by atoms with Crippen LogP contribution in [0.25, 0.3) is 0 Å². The number of fused-ring (bicyclic) bond motifs is 1. The zero-order valence-corrected chi connectivity index (χ0v) is 14.2. The normalized spacial score (nSPS) is 21.0. The number of nitrogens with two attached hydrogens (primary N) is 1. The fourth-order valence-electron chi connectivity index (χ4n) is 2.34. The molecule has 0 bridgehead atoms. The summed E-state index contributed by atoms with van der Waals surface area (Å²) in [6.45, 7) is 0.622. The Bertz CT molecular complexity index is 565. The van der Waals surface area contributed by atoms with Crippen LogP contribution in [0.5, 0.6) is 5.75 Å². The minimum absolute atomic E-state index is 0.0108. The average molecular weight is 370 g/mol. The lowest BCUT2D eigenvalue weighted by atomic mass is 9.95. The number of amides is 1. The number of hydrogen-bond donors (Lipinski definition) is 1. The lowest BCUT2D eigenvalue weighted by Crippen LogP contribution is -2.34. The molecule has 22 heavy (non-hydrogen) atoms. The van der Waals surface area contributed by atoms with E-state index in [9.17, 15) is 4.79 Å². The molecular weight excluding hydrogens is 350 g/mol. The average Bonchev–Trinajstić information content (AvgIpc) is 2.52. The highest BCUT2D eigenvalue weighted by Crippen LogP contribution is 2.39. The Morgan fingerprint density at radius 3 is 3.09 bits per heavy atom. The number of rotatable bonds is 5. The van der Waals surface area contributed by atoms with E-state index in [1.165, 1.54) is 4.90 Å². The molecular formula is C15H20BrN3O3. The van der Waals surface area contributed by atoms with Gasteiger partial charge in [0.15, 0.2) is 5.96 Å². The molecule has 6 nitrogen and oxygen atoms in total. The maximum atomic E-state index is 10.8. The van der Waals surface area contributed by atoms with Crippen molar-refractivity contribution in [1.82, 2.24) is 4.90 Å². The largest absolute Gasteiger partial charge is 0.490 e. The highest BCUT2D eigenvalue weighted by Gasteiger charge is 2.28. The summed E-state index contributed by atoms with van der Waals surface area (Å²) in [6.07, 6.45) is 2.13. The van der Waals surface area contributed by atoms with Crippen molar-refractivity contribution < 1.29 is 14.3 Å². The second-order valence-corrected chi connectivity index (χ2v) is 6.07. The summed E-state index contributed by atoms with van der Waals surface area (Å²) in [4.78, 5) is 16.6. The van der Waals surface area contributed by atoms with Gasteiger partial charge in [0.2, 0.25) is 6.41 Å². The number of nitrogens with zero attached hydrogens (tertiary/aromatic N) is 2. The van der Waals surface area contributed by atoms with Gasteiger partial charge in [-0.2, -0.15) is 0 Å². The van der Waals surface area contributed by atoms with E-state index in [-0.39, 0.29) is 18.1 Å². The molecule has 0 fully saturated rings. The van der Waals surface area contributed by atoms with E-state index in [1.807, 2.05) is 18.2 Å². The monoisotopic (exact) mass is 369 g/mol. The molecule has 1 amide bonds. The zero-order valence-electron chi connectivity index (χ0n) is 12.7. The summed E-state index contributed by atoms with van der Waals surface area (Å²) < 4.78 is 12.1. The SMILES string of the molecule is COCCC1CC(N=C(N)N(C)C=O)c2cc(Br)ccc2O1. The van der Waals surface area contributed by atoms with E-state index in [1.54, 1.807) is 14.2 Å². The fourth-order valence-corrected chi connectivity index (χ4v) is 2.72. The number of guanidine groups is 1. The van der Waals surface area contributed by atoms with E-state index in [2.05, 4.69) is 20.9 Å². The summed E-state index contributed by atoms with van der Waals surface area (Å²) in [5.41, 5.74) is 6.83. The molecule has 1 aliphatic heterocycles. The molecule has 0 saturated carbocycles. The molecule has 0 spiro atoms. The summed E-state index contributed by atoms with van der Waals surface area (Å²) in [7, 11) is 3.25. The van der Waals surface area contributed by atoms with Crippen molar-refractivity contribution in [3.8, 4) is 5.75 Å². The van der Waals surface area contributed by atoms with Gasteiger partial charge in [0.05, 0.1) is 6.04 Å². The van der Waals surface area contributed by atoms with Gasteiger partial charge in [-0.15, -0.1) is 0 Å². The number of benzene rings is 1. The van der Waals surface area contributed by atoms with Gasteiger partial charge in [-0.05, 0) is 18.2 Å². The van der Waals surface area contributed by atoms with Crippen LogP contribution < -0.4 is 10.5 Å². The smallest absolute Gasteiger partial charge is 0.216 e. The lowest BCUT2D eigenvalue weighted by molar-refractivity contribution is -0.114. The number of halogens is 1. The van der Waals surface area contributed by atoms with E-state index in [4.69, 9.17) is 15.2 Å². The van der Waals surface area contributed by atoms with Crippen molar-refractivity contribution in [2.75, 3.05) is 20.8 Å². The quantitative estimate of drug-likeness (QED) is 0.489. The second-order valence-electron chi connectivity index (χ2n) is 5.16. The highest BCUT2D eigenvalue weighted by molar-refractivity contribution is 9.10. The van der Waals surface area contributed by atoms with Crippen LogP contribution in [0.1, 0.15) is 24.4 Å². The van der Waals surface area contributed by atoms with Crippen LogP contribution in [-0.4, -0.2) is 44.1 Å². The van der Waals surface area contributed by atoms with Gasteiger partial charge in [0, 0.05) is 43.6 Å². The first-order valence-electron chi connectivity index (χ1n) is 7.01. The predicted octanol–water partition coefficient (Wildman–Crippen LogP) is 2.08. The van der Waals surface area contributed by atoms with Crippen LogP contribution in [0, 0.1) is 0 Å². The van der Waals surface area contributed by atoms with Gasteiger partial charge in [0.1, 0.15) is 11.9 Å². The van der Waals surface area contributed by atoms with Gasteiger partial charge in [-0.25, -0.2) is 4.99 Å². The van der Waals surface area contributed by atoms with Gasteiger partial charge in [-0.3, -0.25) is 9.69 Å². The van der Waals surface area contributed by atoms with Crippen LogP contribution in [0.2, 0.25) is 0 Å². The van der Waals surface area contributed by atoms with E-state index in [0.29, 0.717) is 19.4 Å². The standard InChI is InChI=1S/C15H20BrN3O3/c1-19(9-20)15(17)18-13-8-11(5-6-21-2)22-14-4-3-10(16)7-12(13)14/h3-4,7,9,11,13H,5-6,8H2,1-2H3,(H2,17,18). The van der Waals surface area contributed by atoms with Gasteiger partial charge >= 0.3 is 0 Å².